The summed E-state index contributed by atoms with van der Waals surface area (Å²) in [6.07, 6.45) is 6.14. The van der Waals surface area contributed by atoms with Crippen molar-refractivity contribution >= 4 is 5.57 Å². The minimum absolute atomic E-state index is 0.777. The summed E-state index contributed by atoms with van der Waals surface area (Å²) in [5.74, 6) is 0.948. The van der Waals surface area contributed by atoms with Crippen molar-refractivity contribution in [2.45, 2.75) is 25.3 Å². The van der Waals surface area contributed by atoms with Gasteiger partial charge in [-0.2, -0.15) is 0 Å². The fourth-order valence-electron chi connectivity index (χ4n) is 3.27. The van der Waals surface area contributed by atoms with Crippen molar-refractivity contribution in [3.8, 4) is 5.75 Å². The van der Waals surface area contributed by atoms with Gasteiger partial charge in [0.1, 0.15) is 5.75 Å². The highest BCUT2D eigenvalue weighted by molar-refractivity contribution is 5.67. The molecular weight excluding hydrogens is 248 g/mol. The Morgan fingerprint density at radius 1 is 1.25 bits per heavy atom. The average Bonchev–Trinajstić information content (AvgIpc) is 2.56. The zero-order valence-electron chi connectivity index (χ0n) is 12.3. The molecule has 0 atom stereocenters. The molecule has 2 aliphatic heterocycles. The van der Waals surface area contributed by atoms with Crippen LogP contribution in [0.25, 0.3) is 5.57 Å². The molecule has 0 aromatic heterocycles. The number of ether oxygens (including phenoxy) is 1. The maximum atomic E-state index is 5.32. The van der Waals surface area contributed by atoms with E-state index in [9.17, 15) is 0 Å². The summed E-state index contributed by atoms with van der Waals surface area (Å²) < 4.78 is 5.32. The molecule has 0 aliphatic carbocycles. The summed E-state index contributed by atoms with van der Waals surface area (Å²) in [6, 6.07) is 9.20. The first-order chi connectivity index (χ1) is 9.86. The van der Waals surface area contributed by atoms with Gasteiger partial charge in [-0.15, -0.1) is 0 Å². The molecule has 3 nitrogen and oxygen atoms in total. The average molecular weight is 272 g/mol. The standard InChI is InChI=1S/C17H24N2O/c1-20-17-4-2-3-15(13-17)14-7-11-19(12-8-14)16-5-9-18-10-6-16/h2-4,7,13,16,18H,5-6,8-12H2,1H3. The van der Waals surface area contributed by atoms with E-state index >= 15 is 0 Å². The SMILES string of the molecule is COc1cccc(C2=CCN(C3CCNCC3)CC2)c1. The first-order valence-electron chi connectivity index (χ1n) is 7.65. The van der Waals surface area contributed by atoms with Gasteiger partial charge in [0.2, 0.25) is 0 Å². The van der Waals surface area contributed by atoms with E-state index < -0.39 is 0 Å². The molecular formula is C17H24N2O. The number of hydrogen-bond acceptors (Lipinski definition) is 3. The van der Waals surface area contributed by atoms with E-state index in [0.29, 0.717) is 0 Å². The molecule has 1 N–H and O–H groups in total. The molecule has 0 saturated carbocycles. The summed E-state index contributed by atoms with van der Waals surface area (Å²) in [6.45, 7) is 4.63. The molecule has 2 aliphatic rings. The Hall–Kier alpha value is -1.32. The fraction of sp³-hybridized carbons (Fsp3) is 0.529. The van der Waals surface area contributed by atoms with E-state index in [2.05, 4.69) is 34.5 Å². The second kappa shape index (κ2) is 6.42. The molecule has 1 saturated heterocycles. The first kappa shape index (κ1) is 13.7. The minimum Gasteiger partial charge on any atom is -0.497 e. The third-order valence-electron chi connectivity index (χ3n) is 4.51. The van der Waals surface area contributed by atoms with E-state index in [4.69, 9.17) is 4.74 Å². The third-order valence-corrected chi connectivity index (χ3v) is 4.51. The van der Waals surface area contributed by atoms with Crippen LogP contribution >= 0.6 is 0 Å². The van der Waals surface area contributed by atoms with Gasteiger partial charge >= 0.3 is 0 Å². The number of benzene rings is 1. The largest absolute Gasteiger partial charge is 0.497 e. The molecule has 2 heterocycles. The molecule has 0 unspecified atom stereocenters. The van der Waals surface area contributed by atoms with E-state index in [1.54, 1.807) is 7.11 Å². The quantitative estimate of drug-likeness (QED) is 0.915. The first-order valence-corrected chi connectivity index (χ1v) is 7.65. The predicted octanol–water partition coefficient (Wildman–Crippen LogP) is 2.54. The van der Waals surface area contributed by atoms with E-state index in [-0.39, 0.29) is 0 Å². The van der Waals surface area contributed by atoms with Crippen LogP contribution in [0.4, 0.5) is 0 Å². The van der Waals surface area contributed by atoms with Gasteiger partial charge in [-0.25, -0.2) is 0 Å². The topological polar surface area (TPSA) is 24.5 Å². The predicted molar refractivity (Wildman–Crippen MR) is 83.1 cm³/mol. The second-order valence-electron chi connectivity index (χ2n) is 5.69. The van der Waals surface area contributed by atoms with Crippen LogP contribution in [0.15, 0.2) is 30.3 Å². The highest BCUT2D eigenvalue weighted by Crippen LogP contribution is 2.27. The Balaban J connectivity index is 1.66. The number of hydrogen-bond donors (Lipinski definition) is 1. The molecule has 1 aromatic carbocycles. The van der Waals surface area contributed by atoms with E-state index in [1.807, 2.05) is 6.07 Å². The van der Waals surface area contributed by atoms with Gasteiger partial charge in [0, 0.05) is 19.1 Å². The summed E-state index contributed by atoms with van der Waals surface area (Å²) in [4.78, 5) is 2.64. The van der Waals surface area contributed by atoms with Gasteiger partial charge in [-0.05, 0) is 55.6 Å². The normalized spacial score (nSPS) is 21.6. The summed E-state index contributed by atoms with van der Waals surface area (Å²) in [7, 11) is 1.73. The molecule has 108 valence electrons. The molecule has 1 aromatic rings. The second-order valence-corrected chi connectivity index (χ2v) is 5.69. The number of methoxy groups -OCH3 is 1. The van der Waals surface area contributed by atoms with Crippen LogP contribution in [0.5, 0.6) is 5.75 Å². The minimum atomic E-state index is 0.777. The highest BCUT2D eigenvalue weighted by atomic mass is 16.5. The molecule has 20 heavy (non-hydrogen) atoms. The van der Waals surface area contributed by atoms with Gasteiger partial charge in [0.15, 0.2) is 0 Å². The molecule has 0 bridgehead atoms. The monoisotopic (exact) mass is 272 g/mol. The van der Waals surface area contributed by atoms with Crippen LogP contribution in [0, 0.1) is 0 Å². The lowest BCUT2D eigenvalue weighted by Crippen LogP contribution is -2.44. The lowest BCUT2D eigenvalue weighted by atomic mass is 9.96. The van der Waals surface area contributed by atoms with Crippen molar-refractivity contribution in [3.05, 3.63) is 35.9 Å². The molecule has 1 fully saturated rings. The van der Waals surface area contributed by atoms with Crippen LogP contribution in [-0.4, -0.2) is 44.2 Å². The van der Waals surface area contributed by atoms with Gasteiger partial charge in [-0.3, -0.25) is 4.90 Å². The Kier molecular flexibility index (Phi) is 4.38. The fourth-order valence-corrected chi connectivity index (χ4v) is 3.27. The lowest BCUT2D eigenvalue weighted by molar-refractivity contribution is 0.178. The molecule has 0 spiro atoms. The van der Waals surface area contributed by atoms with Crippen molar-refractivity contribution in [2.24, 2.45) is 0 Å². The molecule has 0 radical (unpaired) electrons. The molecule has 0 amide bonds. The van der Waals surface area contributed by atoms with Crippen molar-refractivity contribution in [1.29, 1.82) is 0 Å². The summed E-state index contributed by atoms with van der Waals surface area (Å²) in [5.41, 5.74) is 2.78. The van der Waals surface area contributed by atoms with Crippen LogP contribution in [-0.2, 0) is 0 Å². The zero-order valence-corrected chi connectivity index (χ0v) is 12.3. The van der Waals surface area contributed by atoms with Crippen molar-refractivity contribution in [2.75, 3.05) is 33.3 Å². The summed E-state index contributed by atoms with van der Waals surface area (Å²) in [5, 5.41) is 3.45. The molecule has 3 rings (SSSR count). The Morgan fingerprint density at radius 3 is 2.80 bits per heavy atom. The van der Waals surface area contributed by atoms with Crippen LogP contribution in [0.2, 0.25) is 0 Å². The maximum Gasteiger partial charge on any atom is 0.119 e. The number of piperidine rings is 1. The van der Waals surface area contributed by atoms with E-state index in [0.717, 1.165) is 24.8 Å². The summed E-state index contributed by atoms with van der Waals surface area (Å²) >= 11 is 0. The maximum absolute atomic E-state index is 5.32. The van der Waals surface area contributed by atoms with Crippen molar-refractivity contribution in [1.82, 2.24) is 10.2 Å². The van der Waals surface area contributed by atoms with Crippen LogP contribution in [0.1, 0.15) is 24.8 Å². The van der Waals surface area contributed by atoms with Crippen molar-refractivity contribution < 1.29 is 4.74 Å². The smallest absolute Gasteiger partial charge is 0.119 e. The Morgan fingerprint density at radius 2 is 2.10 bits per heavy atom. The Bertz CT molecular complexity index is 478. The Labute approximate surface area is 121 Å². The number of rotatable bonds is 3. The van der Waals surface area contributed by atoms with Gasteiger partial charge in [-0.1, -0.05) is 18.2 Å². The molecule has 3 heteroatoms. The number of nitrogens with one attached hydrogen (secondary N) is 1. The van der Waals surface area contributed by atoms with Crippen molar-refractivity contribution in [3.63, 3.8) is 0 Å². The number of nitrogens with zero attached hydrogens (tertiary/aromatic N) is 1. The van der Waals surface area contributed by atoms with Crippen LogP contribution in [0.3, 0.4) is 0 Å². The lowest BCUT2D eigenvalue weighted by Gasteiger charge is -2.36. The van der Waals surface area contributed by atoms with E-state index in [1.165, 1.54) is 43.6 Å². The van der Waals surface area contributed by atoms with Gasteiger partial charge in [0.05, 0.1) is 7.11 Å². The van der Waals surface area contributed by atoms with Gasteiger partial charge in [0.25, 0.3) is 0 Å². The third kappa shape index (κ3) is 3.05. The zero-order chi connectivity index (χ0) is 13.8. The highest BCUT2D eigenvalue weighted by Gasteiger charge is 2.22. The van der Waals surface area contributed by atoms with Gasteiger partial charge < -0.3 is 10.1 Å². The van der Waals surface area contributed by atoms with Crippen LogP contribution < -0.4 is 10.1 Å².